The summed E-state index contributed by atoms with van der Waals surface area (Å²) in [5.74, 6) is -0.00987. The molecule has 9 nitrogen and oxygen atoms in total. The van der Waals surface area contributed by atoms with Crippen LogP contribution in [0.3, 0.4) is 0 Å². The Bertz CT molecular complexity index is 1870. The predicted octanol–water partition coefficient (Wildman–Crippen LogP) is 4.46. The number of carbonyl (C=O) groups is 2. The van der Waals surface area contributed by atoms with Crippen LogP contribution in [-0.4, -0.2) is 34.8 Å². The van der Waals surface area contributed by atoms with Crippen LogP contribution >= 0.6 is 11.3 Å². The van der Waals surface area contributed by atoms with Crippen molar-refractivity contribution >= 4 is 29.4 Å². The van der Waals surface area contributed by atoms with Crippen LogP contribution in [0.15, 0.2) is 80.1 Å². The molecule has 2 aromatic carbocycles. The second kappa shape index (κ2) is 11.1. The van der Waals surface area contributed by atoms with Crippen LogP contribution in [-0.2, 0) is 9.53 Å². The molecule has 0 bridgehead atoms. The van der Waals surface area contributed by atoms with E-state index in [-0.39, 0.29) is 22.8 Å². The fourth-order valence-electron chi connectivity index (χ4n) is 4.80. The van der Waals surface area contributed by atoms with Gasteiger partial charge in [0.2, 0.25) is 0 Å². The zero-order chi connectivity index (χ0) is 29.4. The van der Waals surface area contributed by atoms with E-state index in [1.54, 1.807) is 77.3 Å². The van der Waals surface area contributed by atoms with Crippen molar-refractivity contribution in [3.05, 3.63) is 108 Å². The van der Waals surface area contributed by atoms with Gasteiger partial charge in [0.25, 0.3) is 5.56 Å². The Morgan fingerprint density at radius 2 is 1.83 bits per heavy atom. The molecule has 5 rings (SSSR count). The van der Waals surface area contributed by atoms with Gasteiger partial charge in [-0.15, -0.1) is 0 Å². The third-order valence-electron chi connectivity index (χ3n) is 6.75. The molecular weight excluding hydrogens is 544 g/mol. The van der Waals surface area contributed by atoms with Gasteiger partial charge in [0.1, 0.15) is 17.3 Å². The zero-order valence-electron chi connectivity index (χ0n) is 23.1. The average molecular weight is 573 g/mol. The molecule has 210 valence electrons. The van der Waals surface area contributed by atoms with Gasteiger partial charge < -0.3 is 19.0 Å². The van der Waals surface area contributed by atoms with E-state index in [2.05, 4.69) is 4.99 Å². The lowest BCUT2D eigenvalue weighted by atomic mass is 9.96. The van der Waals surface area contributed by atoms with Crippen molar-refractivity contribution < 1.29 is 28.6 Å². The Balaban J connectivity index is 1.62. The number of thiazole rings is 1. The lowest BCUT2D eigenvalue weighted by Gasteiger charge is -2.25. The van der Waals surface area contributed by atoms with Gasteiger partial charge in [-0.05, 0) is 69.2 Å². The Labute approximate surface area is 239 Å². The van der Waals surface area contributed by atoms with E-state index in [1.807, 2.05) is 12.1 Å². The highest BCUT2D eigenvalue weighted by Crippen LogP contribution is 2.32. The number of aromatic carboxylic acids is 1. The standard InChI is InChI=1S/C31H28N2O7S/c1-16(2)39-30(37)26-18(4)32-31-33(27(26)19-9-11-20(38-5)12-10-19)28(34)25(41-31)15-21-13-14-24(40-21)22-7-6-8-23(17(22)3)29(35)36/h6-16,27H,1-5H3,(H,35,36)/b25-15-/t27-/m0/s1. The van der Waals surface area contributed by atoms with Crippen molar-refractivity contribution in [2.45, 2.75) is 39.8 Å². The minimum Gasteiger partial charge on any atom is -0.497 e. The highest BCUT2D eigenvalue weighted by atomic mass is 32.1. The van der Waals surface area contributed by atoms with Crippen LogP contribution in [0.2, 0.25) is 0 Å². The molecule has 3 heterocycles. The van der Waals surface area contributed by atoms with Gasteiger partial charge in [-0.2, -0.15) is 0 Å². The van der Waals surface area contributed by atoms with Crippen LogP contribution in [0.1, 0.15) is 54.1 Å². The zero-order valence-corrected chi connectivity index (χ0v) is 23.9. The Kier molecular flexibility index (Phi) is 7.51. The molecule has 0 radical (unpaired) electrons. The predicted molar refractivity (Wildman–Crippen MR) is 154 cm³/mol. The first-order chi connectivity index (χ1) is 19.6. The van der Waals surface area contributed by atoms with Crippen molar-refractivity contribution in [3.63, 3.8) is 0 Å². The van der Waals surface area contributed by atoms with E-state index >= 15 is 0 Å². The molecule has 1 aliphatic rings. The van der Waals surface area contributed by atoms with Crippen LogP contribution in [0, 0.1) is 6.92 Å². The molecule has 0 unspecified atom stereocenters. The summed E-state index contributed by atoms with van der Waals surface area (Å²) in [6, 6.07) is 14.9. The molecule has 0 amide bonds. The summed E-state index contributed by atoms with van der Waals surface area (Å²) in [5, 5.41) is 9.47. The third kappa shape index (κ3) is 5.26. The Morgan fingerprint density at radius 3 is 2.49 bits per heavy atom. The minimum absolute atomic E-state index is 0.189. The molecule has 4 aromatic rings. The molecular formula is C31H28N2O7S. The number of nitrogens with zero attached hydrogens (tertiary/aromatic N) is 2. The number of esters is 1. The number of aromatic nitrogens is 1. The molecule has 1 aliphatic heterocycles. The molecule has 10 heteroatoms. The molecule has 1 atom stereocenters. The van der Waals surface area contributed by atoms with E-state index in [0.29, 0.717) is 49.0 Å². The monoisotopic (exact) mass is 572 g/mol. The number of hydrogen-bond donors (Lipinski definition) is 1. The first kappa shape index (κ1) is 27.9. The number of carbonyl (C=O) groups excluding carboxylic acids is 1. The summed E-state index contributed by atoms with van der Waals surface area (Å²) in [5.41, 5.74) is 2.55. The SMILES string of the molecule is COc1ccc([C@H]2C(C(=O)OC(C)C)=C(C)N=c3s/c(=C\c4ccc(-c5cccc(C(=O)O)c5C)o4)c(=O)n32)cc1. The quantitative estimate of drug-likeness (QED) is 0.325. The second-order valence-electron chi connectivity index (χ2n) is 9.79. The first-order valence-electron chi connectivity index (χ1n) is 12.9. The first-order valence-corrected chi connectivity index (χ1v) is 13.7. The Morgan fingerprint density at radius 1 is 1.10 bits per heavy atom. The third-order valence-corrected chi connectivity index (χ3v) is 7.73. The summed E-state index contributed by atoms with van der Waals surface area (Å²) < 4.78 is 18.7. The minimum atomic E-state index is -1.02. The highest BCUT2D eigenvalue weighted by molar-refractivity contribution is 7.07. The van der Waals surface area contributed by atoms with Crippen LogP contribution < -0.4 is 19.6 Å². The Hall–Kier alpha value is -4.70. The molecule has 41 heavy (non-hydrogen) atoms. The largest absolute Gasteiger partial charge is 0.497 e. The highest BCUT2D eigenvalue weighted by Gasteiger charge is 2.33. The van der Waals surface area contributed by atoms with Gasteiger partial charge in [-0.3, -0.25) is 9.36 Å². The summed E-state index contributed by atoms with van der Waals surface area (Å²) in [4.78, 5) is 43.7. The number of hydrogen-bond acceptors (Lipinski definition) is 8. The normalized spacial score (nSPS) is 15.1. The molecule has 0 saturated carbocycles. The average Bonchev–Trinajstić information content (AvgIpc) is 3.51. The smallest absolute Gasteiger partial charge is 0.338 e. The number of ether oxygens (including phenoxy) is 2. The maximum Gasteiger partial charge on any atom is 0.338 e. The molecule has 0 aliphatic carbocycles. The number of carboxylic acid groups (broad SMARTS) is 1. The van der Waals surface area contributed by atoms with E-state index in [0.717, 1.165) is 0 Å². The molecule has 2 aromatic heterocycles. The van der Waals surface area contributed by atoms with Gasteiger partial charge in [0.15, 0.2) is 4.80 Å². The van der Waals surface area contributed by atoms with Crippen molar-refractivity contribution in [3.8, 4) is 17.1 Å². The van der Waals surface area contributed by atoms with E-state index < -0.39 is 18.0 Å². The molecule has 0 saturated heterocycles. The van der Waals surface area contributed by atoms with E-state index in [9.17, 15) is 19.5 Å². The lowest BCUT2D eigenvalue weighted by molar-refractivity contribution is -0.143. The van der Waals surface area contributed by atoms with Crippen LogP contribution in [0.4, 0.5) is 0 Å². The van der Waals surface area contributed by atoms with E-state index in [1.165, 1.54) is 22.0 Å². The number of benzene rings is 2. The summed E-state index contributed by atoms with van der Waals surface area (Å²) >= 11 is 1.19. The number of carboxylic acids is 1. The summed E-state index contributed by atoms with van der Waals surface area (Å²) in [7, 11) is 1.57. The van der Waals surface area contributed by atoms with Gasteiger partial charge >= 0.3 is 11.9 Å². The molecule has 1 N–H and O–H groups in total. The second-order valence-corrected chi connectivity index (χ2v) is 10.8. The number of fused-ring (bicyclic) bond motifs is 1. The number of methoxy groups -OCH3 is 1. The van der Waals surface area contributed by atoms with Crippen LogP contribution in [0.25, 0.3) is 17.4 Å². The van der Waals surface area contributed by atoms with E-state index in [4.69, 9.17) is 13.9 Å². The summed E-state index contributed by atoms with van der Waals surface area (Å²) in [6.07, 6.45) is 1.28. The fourth-order valence-corrected chi connectivity index (χ4v) is 5.83. The number of allylic oxidation sites excluding steroid dienone is 1. The fraction of sp³-hybridized carbons (Fsp3) is 0.226. The number of furan rings is 1. The van der Waals surface area contributed by atoms with Crippen molar-refractivity contribution in [2.75, 3.05) is 7.11 Å². The maximum absolute atomic E-state index is 13.8. The maximum atomic E-state index is 13.8. The summed E-state index contributed by atoms with van der Waals surface area (Å²) in [6.45, 7) is 6.99. The molecule has 0 fully saturated rings. The van der Waals surface area contributed by atoms with Crippen molar-refractivity contribution in [2.24, 2.45) is 4.99 Å². The van der Waals surface area contributed by atoms with Gasteiger partial charge in [0, 0.05) is 11.6 Å². The van der Waals surface area contributed by atoms with Crippen molar-refractivity contribution in [1.29, 1.82) is 0 Å². The number of rotatable bonds is 7. The van der Waals surface area contributed by atoms with Gasteiger partial charge in [-0.25, -0.2) is 14.6 Å². The van der Waals surface area contributed by atoms with Gasteiger partial charge in [-0.1, -0.05) is 35.6 Å². The van der Waals surface area contributed by atoms with Crippen LogP contribution in [0.5, 0.6) is 5.75 Å². The topological polar surface area (TPSA) is 120 Å². The lowest BCUT2D eigenvalue weighted by Crippen LogP contribution is -2.40. The van der Waals surface area contributed by atoms with Gasteiger partial charge in [0.05, 0.1) is 40.6 Å². The molecule has 0 spiro atoms. The van der Waals surface area contributed by atoms with Crippen molar-refractivity contribution in [1.82, 2.24) is 4.57 Å².